The number of anilines is 3. The molecule has 1 aliphatic heterocycles. The molecule has 0 N–H and O–H groups in total. The van der Waals surface area contributed by atoms with Crippen LogP contribution in [0.15, 0.2) is 109 Å². The number of hydrogen-bond donors (Lipinski definition) is 0. The molecule has 0 amide bonds. The summed E-state index contributed by atoms with van der Waals surface area (Å²) in [6.45, 7) is 21.8. The monoisotopic (exact) mass is 633 g/mol. The lowest BCUT2D eigenvalue weighted by Crippen LogP contribution is -2.41. The lowest BCUT2D eigenvalue weighted by molar-refractivity contribution is 0.00578. The van der Waals surface area contributed by atoms with E-state index in [-0.39, 0.29) is 22.0 Å². The van der Waals surface area contributed by atoms with Gasteiger partial charge in [0.05, 0.1) is 11.2 Å². The lowest BCUT2D eigenvalue weighted by Gasteiger charge is -2.32. The predicted molar refractivity (Wildman–Crippen MR) is 203 cm³/mol. The third-order valence-corrected chi connectivity index (χ3v) is 11.3. The highest BCUT2D eigenvalue weighted by Crippen LogP contribution is 2.53. The average Bonchev–Trinajstić information content (AvgIpc) is 3.55. The maximum Gasteiger partial charge on any atom is 0.494 e. The minimum atomic E-state index is -0.397. The van der Waals surface area contributed by atoms with Crippen molar-refractivity contribution >= 4 is 29.6 Å². The third-order valence-electron chi connectivity index (χ3n) is 11.3. The SMILES string of the molecule is CC.CC1(C)c2ccccc2-c2ccc(N(c3ccc(B4OC(C)(C)C(C)(C)O4)cc3)c3ccc4c(c3)C(C)(C)c3ccccc3-4)cc21. The Morgan fingerprint density at radius 2 is 0.812 bits per heavy atom. The Morgan fingerprint density at radius 3 is 1.25 bits per heavy atom. The molecule has 1 heterocycles. The van der Waals surface area contributed by atoms with Crippen LogP contribution in [0.5, 0.6) is 0 Å². The molecule has 244 valence electrons. The first kappa shape index (κ1) is 32.4. The van der Waals surface area contributed by atoms with Gasteiger partial charge in [-0.05, 0) is 114 Å². The molecule has 0 atom stereocenters. The fourth-order valence-electron chi connectivity index (χ4n) is 7.87. The number of benzene rings is 5. The molecule has 3 aliphatic rings. The van der Waals surface area contributed by atoms with Crippen LogP contribution in [-0.2, 0) is 20.1 Å². The third kappa shape index (κ3) is 4.79. The number of fused-ring (bicyclic) bond motifs is 6. The summed E-state index contributed by atoms with van der Waals surface area (Å²) >= 11 is 0. The molecule has 5 aromatic carbocycles. The smallest absolute Gasteiger partial charge is 0.399 e. The second-order valence-electron chi connectivity index (χ2n) is 15.3. The van der Waals surface area contributed by atoms with Crippen molar-refractivity contribution < 1.29 is 9.31 Å². The van der Waals surface area contributed by atoms with Crippen LogP contribution in [0.1, 0.15) is 91.5 Å². The maximum absolute atomic E-state index is 6.39. The van der Waals surface area contributed by atoms with Crippen molar-refractivity contribution in [2.75, 3.05) is 4.90 Å². The van der Waals surface area contributed by atoms with Crippen molar-refractivity contribution in [2.45, 2.75) is 91.3 Å². The van der Waals surface area contributed by atoms with Gasteiger partial charge in [-0.15, -0.1) is 0 Å². The Hall–Kier alpha value is -4.12. The summed E-state index contributed by atoms with van der Waals surface area (Å²) in [5.74, 6) is 0. The van der Waals surface area contributed by atoms with E-state index in [1.54, 1.807) is 0 Å². The second kappa shape index (κ2) is 11.2. The van der Waals surface area contributed by atoms with E-state index in [1.807, 2.05) is 13.8 Å². The molecule has 3 nitrogen and oxygen atoms in total. The van der Waals surface area contributed by atoms with Crippen LogP contribution in [-0.4, -0.2) is 18.3 Å². The van der Waals surface area contributed by atoms with E-state index in [0.29, 0.717) is 0 Å². The number of hydrogen-bond acceptors (Lipinski definition) is 3. The summed E-state index contributed by atoms with van der Waals surface area (Å²) < 4.78 is 12.8. The van der Waals surface area contributed by atoms with E-state index < -0.39 is 7.12 Å². The molecular weight excluding hydrogens is 585 g/mol. The van der Waals surface area contributed by atoms with E-state index >= 15 is 0 Å². The minimum absolute atomic E-state index is 0.0875. The molecule has 8 rings (SSSR count). The minimum Gasteiger partial charge on any atom is -0.399 e. The van der Waals surface area contributed by atoms with Gasteiger partial charge in [-0.3, -0.25) is 0 Å². The topological polar surface area (TPSA) is 21.7 Å². The zero-order chi connectivity index (χ0) is 34.2. The van der Waals surface area contributed by atoms with Crippen molar-refractivity contribution in [3.63, 3.8) is 0 Å². The molecule has 0 aromatic heterocycles. The first-order valence-corrected chi connectivity index (χ1v) is 17.5. The second-order valence-corrected chi connectivity index (χ2v) is 15.3. The van der Waals surface area contributed by atoms with Crippen molar-refractivity contribution in [1.29, 1.82) is 0 Å². The largest absolute Gasteiger partial charge is 0.494 e. The highest BCUT2D eigenvalue weighted by molar-refractivity contribution is 6.62. The molecule has 0 saturated carbocycles. The van der Waals surface area contributed by atoms with Gasteiger partial charge in [0.2, 0.25) is 0 Å². The van der Waals surface area contributed by atoms with Crippen molar-refractivity contribution in [3.8, 4) is 22.3 Å². The Balaban J connectivity index is 0.00000179. The first-order valence-electron chi connectivity index (χ1n) is 17.5. The fourth-order valence-corrected chi connectivity index (χ4v) is 7.87. The lowest BCUT2D eigenvalue weighted by atomic mass is 9.79. The van der Waals surface area contributed by atoms with Gasteiger partial charge in [0.25, 0.3) is 0 Å². The molecule has 1 fully saturated rings. The van der Waals surface area contributed by atoms with Gasteiger partial charge in [-0.2, -0.15) is 0 Å². The summed E-state index contributed by atoms with van der Waals surface area (Å²) in [5.41, 5.74) is 14.3. The zero-order valence-electron chi connectivity index (χ0n) is 30.2. The van der Waals surface area contributed by atoms with Crippen LogP contribution in [0.3, 0.4) is 0 Å². The van der Waals surface area contributed by atoms with Crippen LogP contribution in [0.2, 0.25) is 0 Å². The van der Waals surface area contributed by atoms with E-state index in [4.69, 9.17) is 9.31 Å². The van der Waals surface area contributed by atoms with Gasteiger partial charge in [-0.1, -0.05) is 114 Å². The molecule has 1 saturated heterocycles. The molecule has 5 aromatic rings. The molecule has 0 unspecified atom stereocenters. The molecule has 2 aliphatic carbocycles. The van der Waals surface area contributed by atoms with E-state index in [9.17, 15) is 0 Å². The average molecular weight is 634 g/mol. The summed E-state index contributed by atoms with van der Waals surface area (Å²) in [6.07, 6.45) is 0. The van der Waals surface area contributed by atoms with Gasteiger partial charge in [0, 0.05) is 27.9 Å². The highest BCUT2D eigenvalue weighted by atomic mass is 16.7. The molecule has 0 bridgehead atoms. The number of rotatable bonds is 4. The van der Waals surface area contributed by atoms with Crippen LogP contribution < -0.4 is 10.4 Å². The standard InChI is InChI=1S/C42H42BNO2.C2H6/c1-39(2)35-15-11-9-13-31(35)33-23-21-29(25-37(33)39)44(28-19-17-27(18-20-28)43-45-41(5,6)42(7,8)46-43)30-22-24-34-32-14-10-12-16-36(32)40(3,4)38(34)26-30;1-2/h9-26H,1-8H3;1-2H3. The Labute approximate surface area is 288 Å². The first-order chi connectivity index (χ1) is 22.8. The zero-order valence-corrected chi connectivity index (χ0v) is 30.2. The van der Waals surface area contributed by atoms with Crippen molar-refractivity contribution in [3.05, 3.63) is 131 Å². The van der Waals surface area contributed by atoms with Gasteiger partial charge in [-0.25, -0.2) is 0 Å². The molecule has 0 spiro atoms. The van der Waals surface area contributed by atoms with E-state index in [0.717, 1.165) is 22.5 Å². The predicted octanol–water partition coefficient (Wildman–Crippen LogP) is 11.1. The van der Waals surface area contributed by atoms with Gasteiger partial charge >= 0.3 is 7.12 Å². The quantitative estimate of drug-likeness (QED) is 0.184. The van der Waals surface area contributed by atoms with Gasteiger partial charge in [0.15, 0.2) is 0 Å². The maximum atomic E-state index is 6.39. The summed E-state index contributed by atoms with van der Waals surface area (Å²) in [5, 5.41) is 0. The van der Waals surface area contributed by atoms with Crippen LogP contribution in [0, 0.1) is 0 Å². The molecular formula is C44H48BNO2. The summed E-state index contributed by atoms with van der Waals surface area (Å²) in [7, 11) is -0.397. The Bertz CT molecular complexity index is 1900. The van der Waals surface area contributed by atoms with Crippen molar-refractivity contribution in [2.24, 2.45) is 0 Å². The van der Waals surface area contributed by atoms with Gasteiger partial charge in [0.1, 0.15) is 0 Å². The molecule has 48 heavy (non-hydrogen) atoms. The highest BCUT2D eigenvalue weighted by Gasteiger charge is 2.51. The van der Waals surface area contributed by atoms with Crippen molar-refractivity contribution in [1.82, 2.24) is 0 Å². The summed E-state index contributed by atoms with van der Waals surface area (Å²) in [4.78, 5) is 2.41. The van der Waals surface area contributed by atoms with E-state index in [1.165, 1.54) is 44.5 Å². The molecule has 0 radical (unpaired) electrons. The Kier molecular flexibility index (Phi) is 7.58. The fraction of sp³-hybridized carbons (Fsp3) is 0.318. The van der Waals surface area contributed by atoms with Crippen LogP contribution in [0.4, 0.5) is 17.1 Å². The van der Waals surface area contributed by atoms with Crippen LogP contribution >= 0.6 is 0 Å². The normalized spacial score (nSPS) is 18.2. The van der Waals surface area contributed by atoms with Gasteiger partial charge < -0.3 is 14.2 Å². The molecule has 4 heteroatoms. The van der Waals surface area contributed by atoms with Crippen LogP contribution in [0.25, 0.3) is 22.3 Å². The van der Waals surface area contributed by atoms with E-state index in [2.05, 4.69) is 169 Å². The summed E-state index contributed by atoms with van der Waals surface area (Å²) in [6, 6.07) is 40.4. The Morgan fingerprint density at radius 1 is 0.438 bits per heavy atom. The number of nitrogens with zero attached hydrogens (tertiary/aromatic N) is 1.